The second-order valence-electron chi connectivity index (χ2n) is 7.44. The van der Waals surface area contributed by atoms with Gasteiger partial charge in [0.05, 0.1) is 12.0 Å². The third kappa shape index (κ3) is 4.80. The molecule has 0 bridgehead atoms. The molecule has 1 aliphatic rings. The molecule has 0 radical (unpaired) electrons. The number of hydrogen-bond acceptors (Lipinski definition) is 5. The van der Waals surface area contributed by atoms with E-state index in [0.717, 1.165) is 11.1 Å². The number of nitro benzene ring substituents is 1. The number of rotatable bonds is 6. The third-order valence-corrected chi connectivity index (χ3v) is 5.49. The van der Waals surface area contributed by atoms with Gasteiger partial charge in [-0.3, -0.25) is 10.1 Å². The van der Waals surface area contributed by atoms with Crippen molar-refractivity contribution in [2.75, 3.05) is 20.3 Å². The maximum atomic E-state index is 12.2. The van der Waals surface area contributed by atoms with Gasteiger partial charge in [0.1, 0.15) is 17.9 Å². The van der Waals surface area contributed by atoms with Crippen molar-refractivity contribution in [3.63, 3.8) is 0 Å². The number of alkyl carbamates (subject to hydrolysis) is 1. The summed E-state index contributed by atoms with van der Waals surface area (Å²) >= 11 is 0. The second kappa shape index (κ2) is 9.88. The Labute approximate surface area is 191 Å². The van der Waals surface area contributed by atoms with Crippen molar-refractivity contribution >= 4 is 11.8 Å². The normalized spacial score (nSPS) is 11.5. The summed E-state index contributed by atoms with van der Waals surface area (Å²) in [5.41, 5.74) is 4.82. The summed E-state index contributed by atoms with van der Waals surface area (Å²) in [6.07, 6.45) is -0.204. The Bertz CT molecular complexity index is 1210. The van der Waals surface area contributed by atoms with Crippen LogP contribution in [0.1, 0.15) is 29.0 Å². The van der Waals surface area contributed by atoms with Gasteiger partial charge in [0.2, 0.25) is 0 Å². The summed E-state index contributed by atoms with van der Waals surface area (Å²) in [7, 11) is 1.48. The fourth-order valence-electron chi connectivity index (χ4n) is 3.94. The molecular formula is C26H22N2O5. The standard InChI is InChI=1S/C26H22N2O5/c1-32-19-13-14-25(28(30)31)18(16-19)8-6-7-15-27-26(29)33-17-24-22-11-4-2-9-20(22)21-10-3-5-12-23(21)24/h2-5,9-14,16,24H,7,15,17H2,1H3,(H,27,29). The van der Waals surface area contributed by atoms with E-state index >= 15 is 0 Å². The first-order valence-corrected chi connectivity index (χ1v) is 10.5. The molecule has 0 saturated carbocycles. The second-order valence-corrected chi connectivity index (χ2v) is 7.44. The highest BCUT2D eigenvalue weighted by Crippen LogP contribution is 2.44. The van der Waals surface area contributed by atoms with E-state index in [0.29, 0.717) is 12.2 Å². The fraction of sp³-hybridized carbons (Fsp3) is 0.192. The van der Waals surface area contributed by atoms with Crippen molar-refractivity contribution < 1.29 is 19.2 Å². The number of nitrogens with one attached hydrogen (secondary N) is 1. The number of fused-ring (bicyclic) bond motifs is 3. The number of carbonyl (C=O) groups is 1. The number of amides is 1. The molecule has 0 atom stereocenters. The molecule has 7 nitrogen and oxygen atoms in total. The average molecular weight is 442 g/mol. The Balaban J connectivity index is 1.31. The van der Waals surface area contributed by atoms with Crippen molar-refractivity contribution in [3.05, 3.63) is 93.5 Å². The molecule has 0 unspecified atom stereocenters. The lowest BCUT2D eigenvalue weighted by Gasteiger charge is -2.14. The lowest BCUT2D eigenvalue weighted by Crippen LogP contribution is -2.26. The van der Waals surface area contributed by atoms with Crippen LogP contribution < -0.4 is 10.1 Å². The van der Waals surface area contributed by atoms with Gasteiger partial charge in [-0.1, -0.05) is 60.4 Å². The van der Waals surface area contributed by atoms with Crippen molar-refractivity contribution in [2.45, 2.75) is 12.3 Å². The molecule has 0 spiro atoms. The van der Waals surface area contributed by atoms with Crippen molar-refractivity contribution in [1.29, 1.82) is 0 Å². The molecule has 0 saturated heterocycles. The van der Waals surface area contributed by atoms with Gasteiger partial charge >= 0.3 is 6.09 Å². The molecule has 3 aromatic rings. The van der Waals surface area contributed by atoms with E-state index in [4.69, 9.17) is 9.47 Å². The average Bonchev–Trinajstić information content (AvgIpc) is 3.16. The molecule has 166 valence electrons. The highest BCUT2D eigenvalue weighted by molar-refractivity contribution is 5.79. The van der Waals surface area contributed by atoms with Crippen LogP contribution in [0.4, 0.5) is 10.5 Å². The van der Waals surface area contributed by atoms with Crippen molar-refractivity contribution in [2.24, 2.45) is 0 Å². The van der Waals surface area contributed by atoms with Gasteiger partial charge in [-0.2, -0.15) is 0 Å². The van der Waals surface area contributed by atoms with Crippen LogP contribution in [0.15, 0.2) is 66.7 Å². The van der Waals surface area contributed by atoms with E-state index in [-0.39, 0.29) is 30.3 Å². The Kier molecular flexibility index (Phi) is 6.56. The monoisotopic (exact) mass is 442 g/mol. The molecule has 3 aromatic carbocycles. The van der Waals surface area contributed by atoms with E-state index in [1.54, 1.807) is 0 Å². The van der Waals surface area contributed by atoms with Gasteiger partial charge in [-0.25, -0.2) is 4.79 Å². The maximum Gasteiger partial charge on any atom is 0.407 e. The van der Waals surface area contributed by atoms with E-state index in [1.807, 2.05) is 24.3 Å². The van der Waals surface area contributed by atoms with E-state index in [2.05, 4.69) is 41.4 Å². The van der Waals surface area contributed by atoms with Crippen LogP contribution in [-0.2, 0) is 4.74 Å². The van der Waals surface area contributed by atoms with Crippen LogP contribution in [-0.4, -0.2) is 31.3 Å². The number of methoxy groups -OCH3 is 1. The first-order valence-electron chi connectivity index (χ1n) is 10.5. The summed E-state index contributed by atoms with van der Waals surface area (Å²) in [5.74, 6) is 6.11. The minimum atomic E-state index is -0.522. The minimum Gasteiger partial charge on any atom is -0.497 e. The molecule has 1 amide bonds. The summed E-state index contributed by atoms with van der Waals surface area (Å²) in [6.45, 7) is 0.503. The van der Waals surface area contributed by atoms with Crippen molar-refractivity contribution in [1.82, 2.24) is 5.32 Å². The third-order valence-electron chi connectivity index (χ3n) is 5.49. The van der Waals surface area contributed by atoms with E-state index in [1.165, 1.54) is 36.4 Å². The lowest BCUT2D eigenvalue weighted by molar-refractivity contribution is -0.385. The molecule has 0 heterocycles. The van der Waals surface area contributed by atoms with Gasteiger partial charge in [0, 0.05) is 31.0 Å². The van der Waals surface area contributed by atoms with Crippen LogP contribution in [0.5, 0.6) is 5.75 Å². The molecular weight excluding hydrogens is 420 g/mol. The van der Waals surface area contributed by atoms with E-state index < -0.39 is 11.0 Å². The largest absolute Gasteiger partial charge is 0.497 e. The van der Waals surface area contributed by atoms with Crippen LogP contribution in [0.2, 0.25) is 0 Å². The Hall–Kier alpha value is -4.31. The molecule has 1 N–H and O–H groups in total. The summed E-state index contributed by atoms with van der Waals surface area (Å²) in [5, 5.41) is 13.8. The highest BCUT2D eigenvalue weighted by Gasteiger charge is 2.28. The molecule has 0 aliphatic heterocycles. The van der Waals surface area contributed by atoms with Gasteiger partial charge in [0.15, 0.2) is 0 Å². The number of nitro groups is 1. The zero-order chi connectivity index (χ0) is 23.2. The summed E-state index contributed by atoms with van der Waals surface area (Å²) in [4.78, 5) is 22.9. The molecule has 1 aliphatic carbocycles. The molecule has 0 aromatic heterocycles. The lowest BCUT2D eigenvalue weighted by atomic mass is 9.98. The number of hydrogen-bond donors (Lipinski definition) is 1. The zero-order valence-electron chi connectivity index (χ0n) is 18.0. The predicted molar refractivity (Wildman–Crippen MR) is 124 cm³/mol. The van der Waals surface area contributed by atoms with Crippen LogP contribution >= 0.6 is 0 Å². The first-order chi connectivity index (χ1) is 16.1. The van der Waals surface area contributed by atoms with Crippen molar-refractivity contribution in [3.8, 4) is 28.7 Å². The van der Waals surface area contributed by atoms with Gasteiger partial charge < -0.3 is 14.8 Å². The highest BCUT2D eigenvalue weighted by atomic mass is 16.6. The van der Waals surface area contributed by atoms with Crippen LogP contribution in [0.25, 0.3) is 11.1 Å². The number of carbonyl (C=O) groups excluding carboxylic acids is 1. The zero-order valence-corrected chi connectivity index (χ0v) is 18.0. The maximum absolute atomic E-state index is 12.2. The smallest absolute Gasteiger partial charge is 0.407 e. The number of ether oxygens (including phenoxy) is 2. The van der Waals surface area contributed by atoms with Gasteiger partial charge in [0.25, 0.3) is 5.69 Å². The number of benzene rings is 3. The molecule has 0 fully saturated rings. The molecule has 4 rings (SSSR count). The SMILES string of the molecule is COc1ccc([N+](=O)[O-])c(C#CCCNC(=O)OCC2c3ccccc3-c3ccccc32)c1. The van der Waals surface area contributed by atoms with Crippen LogP contribution in [0.3, 0.4) is 0 Å². The molecule has 7 heteroatoms. The topological polar surface area (TPSA) is 90.7 Å². The quantitative estimate of drug-likeness (QED) is 0.254. The minimum absolute atomic E-state index is 0.00319. The first kappa shape index (κ1) is 21.9. The van der Waals surface area contributed by atoms with Crippen LogP contribution in [0, 0.1) is 22.0 Å². The summed E-state index contributed by atoms with van der Waals surface area (Å²) in [6, 6.07) is 20.7. The Morgan fingerprint density at radius 1 is 1.06 bits per heavy atom. The predicted octanol–water partition coefficient (Wildman–Crippen LogP) is 4.88. The van der Waals surface area contributed by atoms with Gasteiger partial charge in [-0.15, -0.1) is 0 Å². The fourth-order valence-corrected chi connectivity index (χ4v) is 3.94. The Morgan fingerprint density at radius 3 is 2.36 bits per heavy atom. The molecule has 33 heavy (non-hydrogen) atoms. The number of nitrogens with zero attached hydrogens (tertiary/aromatic N) is 1. The van der Waals surface area contributed by atoms with E-state index in [9.17, 15) is 14.9 Å². The van der Waals surface area contributed by atoms with Gasteiger partial charge in [-0.05, 0) is 28.3 Å². The summed E-state index contributed by atoms with van der Waals surface area (Å²) < 4.78 is 10.6. The Morgan fingerprint density at radius 2 is 1.73 bits per heavy atom.